The highest BCUT2D eigenvalue weighted by Crippen LogP contribution is 2.41. The molecule has 3 nitrogen and oxygen atoms in total. The predicted molar refractivity (Wildman–Crippen MR) is 203 cm³/mol. The number of allylic oxidation sites excluding steroid dienone is 4. The molecule has 0 amide bonds. The fourth-order valence-corrected chi connectivity index (χ4v) is 7.44. The Morgan fingerprint density at radius 3 is 2.29 bits per heavy atom. The Balaban J connectivity index is 1.11. The minimum absolute atomic E-state index is 0.339. The third kappa shape index (κ3) is 6.00. The first-order valence-electron chi connectivity index (χ1n) is 17.1. The second-order valence-electron chi connectivity index (χ2n) is 12.9. The Kier molecular flexibility index (Phi) is 8.26. The maximum Gasteiger partial charge on any atom is 0.157 e. The smallest absolute Gasteiger partial charge is 0.157 e. The highest BCUT2D eigenvalue weighted by atomic mass is 15.0. The summed E-state index contributed by atoms with van der Waals surface area (Å²) in [7, 11) is 0. The highest BCUT2D eigenvalue weighted by Gasteiger charge is 2.24. The molecule has 0 heterocycles. The van der Waals surface area contributed by atoms with Crippen LogP contribution in [0.3, 0.4) is 0 Å². The van der Waals surface area contributed by atoms with E-state index in [0.717, 1.165) is 48.8 Å². The third-order valence-corrected chi connectivity index (χ3v) is 9.89. The zero-order chi connectivity index (χ0) is 32.3. The maximum absolute atomic E-state index is 6.54. The van der Waals surface area contributed by atoms with Crippen molar-refractivity contribution in [3.63, 3.8) is 0 Å². The van der Waals surface area contributed by atoms with E-state index in [1.165, 1.54) is 44.2 Å². The van der Waals surface area contributed by atoms with Gasteiger partial charge in [0, 0.05) is 17.1 Å². The summed E-state index contributed by atoms with van der Waals surface area (Å²) in [6.45, 7) is 0.544. The normalized spacial score (nSPS) is 17.5. The average Bonchev–Trinajstić information content (AvgIpc) is 3.17. The monoisotopic (exact) mass is 621 g/mol. The molecule has 1 unspecified atom stereocenters. The lowest BCUT2D eigenvalue weighted by molar-refractivity contribution is 0.807. The van der Waals surface area contributed by atoms with E-state index in [0.29, 0.717) is 24.1 Å². The van der Waals surface area contributed by atoms with Crippen molar-refractivity contribution in [2.45, 2.75) is 44.6 Å². The second kappa shape index (κ2) is 13.3. The number of amidine groups is 2. The van der Waals surface area contributed by atoms with Crippen LogP contribution in [0.2, 0.25) is 0 Å². The van der Waals surface area contributed by atoms with Crippen LogP contribution in [0.5, 0.6) is 0 Å². The number of fused-ring (bicyclic) bond motifs is 6. The van der Waals surface area contributed by atoms with E-state index in [4.69, 9.17) is 15.7 Å². The van der Waals surface area contributed by atoms with Crippen molar-refractivity contribution < 1.29 is 0 Å². The molecule has 2 N–H and O–H groups in total. The van der Waals surface area contributed by atoms with Gasteiger partial charge in [0.2, 0.25) is 0 Å². The van der Waals surface area contributed by atoms with E-state index in [-0.39, 0.29) is 0 Å². The lowest BCUT2D eigenvalue weighted by Gasteiger charge is -2.27. The van der Waals surface area contributed by atoms with Crippen LogP contribution < -0.4 is 5.73 Å². The number of rotatable bonds is 6. The van der Waals surface area contributed by atoms with E-state index in [2.05, 4.69) is 97.1 Å². The van der Waals surface area contributed by atoms with Crippen molar-refractivity contribution in [2.75, 3.05) is 0 Å². The minimum Gasteiger partial charge on any atom is -0.383 e. The average molecular weight is 622 g/mol. The van der Waals surface area contributed by atoms with E-state index >= 15 is 0 Å². The molecule has 0 radical (unpaired) electrons. The molecule has 48 heavy (non-hydrogen) atoms. The lowest BCUT2D eigenvalue weighted by atomic mass is 9.77. The van der Waals surface area contributed by atoms with Gasteiger partial charge in [-0.1, -0.05) is 140 Å². The topological polar surface area (TPSA) is 50.7 Å². The van der Waals surface area contributed by atoms with Gasteiger partial charge in [-0.25, -0.2) is 4.99 Å². The van der Waals surface area contributed by atoms with Crippen molar-refractivity contribution in [3.05, 3.63) is 184 Å². The Morgan fingerprint density at radius 1 is 0.729 bits per heavy atom. The number of benzene rings is 5. The third-order valence-electron chi connectivity index (χ3n) is 9.89. The van der Waals surface area contributed by atoms with Gasteiger partial charge in [0.05, 0.1) is 6.54 Å². The molecule has 5 aromatic rings. The molecule has 5 aromatic carbocycles. The van der Waals surface area contributed by atoms with Crippen LogP contribution in [0.25, 0.3) is 28.5 Å². The summed E-state index contributed by atoms with van der Waals surface area (Å²) >= 11 is 0. The number of aliphatic imine (C=N–C) groups is 2. The first-order chi connectivity index (χ1) is 23.7. The van der Waals surface area contributed by atoms with Gasteiger partial charge in [0.1, 0.15) is 5.84 Å². The molecule has 0 aromatic heterocycles. The molecule has 1 atom stereocenters. The molecule has 0 saturated carbocycles. The Hall–Kier alpha value is -5.54. The number of hydrogen-bond donors (Lipinski definition) is 1. The quantitative estimate of drug-likeness (QED) is 0.149. The molecular formula is C45H39N3. The molecule has 0 spiro atoms. The summed E-state index contributed by atoms with van der Waals surface area (Å²) in [4.78, 5) is 9.90. The van der Waals surface area contributed by atoms with Crippen LogP contribution in [-0.4, -0.2) is 11.7 Å². The van der Waals surface area contributed by atoms with Gasteiger partial charge < -0.3 is 5.73 Å². The van der Waals surface area contributed by atoms with Crippen molar-refractivity contribution in [1.29, 1.82) is 0 Å². The molecule has 3 aliphatic carbocycles. The number of nitrogens with two attached hydrogens (primary N) is 1. The molecule has 0 bridgehead atoms. The number of nitrogens with zero attached hydrogens (tertiary/aromatic N) is 2. The molecule has 3 aliphatic rings. The summed E-state index contributed by atoms with van der Waals surface area (Å²) in [6, 6.07) is 38.3. The molecule has 0 saturated heterocycles. The first-order valence-corrected chi connectivity index (χ1v) is 17.1. The van der Waals surface area contributed by atoms with Gasteiger partial charge in [-0.15, -0.1) is 0 Å². The van der Waals surface area contributed by atoms with Crippen LogP contribution in [0.1, 0.15) is 69.7 Å². The number of hydrogen-bond acceptors (Lipinski definition) is 1. The van der Waals surface area contributed by atoms with Crippen LogP contribution in [0.4, 0.5) is 0 Å². The van der Waals surface area contributed by atoms with Gasteiger partial charge >= 0.3 is 0 Å². The van der Waals surface area contributed by atoms with Crippen LogP contribution in [0.15, 0.2) is 149 Å². The van der Waals surface area contributed by atoms with Gasteiger partial charge in [-0.2, -0.15) is 0 Å². The van der Waals surface area contributed by atoms with Gasteiger partial charge in [0.25, 0.3) is 0 Å². The van der Waals surface area contributed by atoms with Crippen molar-refractivity contribution in [1.82, 2.24) is 0 Å². The highest BCUT2D eigenvalue weighted by molar-refractivity contribution is 6.12. The van der Waals surface area contributed by atoms with Crippen molar-refractivity contribution >= 4 is 40.2 Å². The molecule has 8 rings (SSSR count). The van der Waals surface area contributed by atoms with Crippen LogP contribution in [0, 0.1) is 0 Å². The SMILES string of the molecule is N/C(=N\C(=N/Cc1ccccc1)C1=CCCC(c2cccc(C3C=Cc4c(c5c(c6ccccc46)C=CCC5)C3)c2)=C1)c1ccccc1. The maximum atomic E-state index is 6.54. The molecule has 234 valence electrons. The Labute approximate surface area is 283 Å². The summed E-state index contributed by atoms with van der Waals surface area (Å²) < 4.78 is 0. The summed E-state index contributed by atoms with van der Waals surface area (Å²) in [6.07, 6.45) is 19.2. The fourth-order valence-electron chi connectivity index (χ4n) is 7.44. The largest absolute Gasteiger partial charge is 0.383 e. The summed E-state index contributed by atoms with van der Waals surface area (Å²) in [5.41, 5.74) is 19.4. The van der Waals surface area contributed by atoms with E-state index < -0.39 is 0 Å². The van der Waals surface area contributed by atoms with Crippen molar-refractivity contribution in [2.24, 2.45) is 15.7 Å². The predicted octanol–water partition coefficient (Wildman–Crippen LogP) is 10.3. The Bertz CT molecular complexity index is 2180. The lowest BCUT2D eigenvalue weighted by Crippen LogP contribution is -2.17. The fraction of sp³-hybridized carbons (Fsp3) is 0.156. The van der Waals surface area contributed by atoms with E-state index in [1.54, 1.807) is 5.56 Å². The minimum atomic E-state index is 0.339. The molecule has 0 fully saturated rings. The zero-order valence-corrected chi connectivity index (χ0v) is 27.1. The van der Waals surface area contributed by atoms with Gasteiger partial charge in [0.15, 0.2) is 5.84 Å². The van der Waals surface area contributed by atoms with Crippen molar-refractivity contribution in [3.8, 4) is 0 Å². The molecular weight excluding hydrogens is 583 g/mol. The van der Waals surface area contributed by atoms with E-state index in [9.17, 15) is 0 Å². The molecule has 3 heteroatoms. The van der Waals surface area contributed by atoms with Crippen LogP contribution >= 0.6 is 0 Å². The summed E-state index contributed by atoms with van der Waals surface area (Å²) in [5, 5.41) is 2.75. The molecule has 0 aliphatic heterocycles. The second-order valence-corrected chi connectivity index (χ2v) is 12.9. The summed E-state index contributed by atoms with van der Waals surface area (Å²) in [5.74, 6) is 1.48. The Morgan fingerprint density at radius 2 is 1.48 bits per heavy atom. The first kappa shape index (κ1) is 29.8. The standard InChI is InChI=1S/C45H39N3/c46-44(32-15-5-2-6-16-32)48-45(47-30-31-13-3-1-4-14-31)37-20-12-19-35(28-37)33-17-11-18-34(27-33)36-25-26-42-40-23-8-7-21-38(40)39-22-9-10-24-41(39)43(42)29-36/h1-9,11,13-18,20-23,25-28,36H,10,12,19,24,29-30H2,(H2,46,47,48). The zero-order valence-electron chi connectivity index (χ0n) is 27.1. The van der Waals surface area contributed by atoms with Crippen LogP contribution in [-0.2, 0) is 19.4 Å². The van der Waals surface area contributed by atoms with Gasteiger partial charge in [-0.3, -0.25) is 4.99 Å². The van der Waals surface area contributed by atoms with E-state index in [1.807, 2.05) is 48.5 Å². The van der Waals surface area contributed by atoms with Gasteiger partial charge in [-0.05, 0) is 93.5 Å².